The Balaban J connectivity index is 1.43. The van der Waals surface area contributed by atoms with Crippen LogP contribution in [0, 0.1) is 5.82 Å². The van der Waals surface area contributed by atoms with Crippen molar-refractivity contribution >= 4 is 46.8 Å². The van der Waals surface area contributed by atoms with Gasteiger partial charge in [0.25, 0.3) is 5.91 Å². The van der Waals surface area contributed by atoms with Gasteiger partial charge in [-0.05, 0) is 35.9 Å². The van der Waals surface area contributed by atoms with E-state index < -0.39 is 17.9 Å². The number of benzene rings is 2. The Morgan fingerprint density at radius 1 is 1.15 bits per heavy atom. The number of thioether (sulfide) groups is 1. The van der Waals surface area contributed by atoms with Crippen LogP contribution >= 0.6 is 23.4 Å². The quantitative estimate of drug-likeness (QED) is 0.682. The third-order valence-corrected chi connectivity index (χ3v) is 7.27. The Hall–Kier alpha value is -2.88. The molecule has 33 heavy (non-hydrogen) atoms. The van der Waals surface area contributed by atoms with Crippen molar-refractivity contribution in [2.24, 2.45) is 0 Å². The van der Waals surface area contributed by atoms with Gasteiger partial charge in [0.05, 0.1) is 17.8 Å². The molecule has 0 saturated carbocycles. The van der Waals surface area contributed by atoms with Crippen LogP contribution in [0.25, 0.3) is 11.1 Å². The number of amides is 3. The molecule has 1 unspecified atom stereocenters. The summed E-state index contributed by atoms with van der Waals surface area (Å²) in [7, 11) is 0. The Morgan fingerprint density at radius 2 is 1.97 bits per heavy atom. The van der Waals surface area contributed by atoms with Gasteiger partial charge in [0.2, 0.25) is 11.8 Å². The van der Waals surface area contributed by atoms with Gasteiger partial charge in [-0.15, -0.1) is 11.8 Å². The Bertz CT molecular complexity index is 1210. The molecule has 0 radical (unpaired) electrons. The summed E-state index contributed by atoms with van der Waals surface area (Å²) in [6.07, 6.45) is 0. The maximum atomic E-state index is 14.5. The van der Waals surface area contributed by atoms with Gasteiger partial charge in [0, 0.05) is 34.5 Å². The van der Waals surface area contributed by atoms with Crippen molar-refractivity contribution in [1.29, 1.82) is 0 Å². The molecule has 3 aliphatic rings. The monoisotopic (exact) mass is 486 g/mol. The average molecular weight is 487 g/mol. The molecule has 3 aliphatic heterocycles. The molecule has 3 heterocycles. The number of fused-ring (bicyclic) bond motifs is 2. The van der Waals surface area contributed by atoms with E-state index in [0.717, 1.165) is 4.91 Å². The molecule has 2 aromatic rings. The predicted molar refractivity (Wildman–Crippen MR) is 125 cm³/mol. The number of rotatable bonds is 2. The fraction of sp³-hybridized carbons (Fsp3) is 0.261. The average Bonchev–Trinajstić information content (AvgIpc) is 3.20. The number of hydrogen-bond donors (Lipinski definition) is 2. The lowest BCUT2D eigenvalue weighted by Gasteiger charge is -2.40. The van der Waals surface area contributed by atoms with Crippen LogP contribution in [-0.4, -0.2) is 65.1 Å². The molecule has 2 saturated heterocycles. The van der Waals surface area contributed by atoms with Crippen LogP contribution in [-0.2, 0) is 9.59 Å². The zero-order chi connectivity index (χ0) is 23.3. The lowest BCUT2D eigenvalue weighted by atomic mass is 10.0. The smallest absolute Gasteiger partial charge is 0.256 e. The summed E-state index contributed by atoms with van der Waals surface area (Å²) in [4.78, 5) is 43.2. The minimum atomic E-state index is -0.819. The highest BCUT2D eigenvalue weighted by Gasteiger charge is 2.42. The zero-order valence-corrected chi connectivity index (χ0v) is 19.0. The molecular weight excluding hydrogens is 467 g/mol. The summed E-state index contributed by atoms with van der Waals surface area (Å²) in [5.41, 5.74) is 1.44. The van der Waals surface area contributed by atoms with Gasteiger partial charge in [0.15, 0.2) is 0 Å². The molecule has 0 aliphatic carbocycles. The van der Waals surface area contributed by atoms with Crippen LogP contribution in [0.3, 0.4) is 0 Å². The third kappa shape index (κ3) is 3.90. The maximum Gasteiger partial charge on any atom is 0.256 e. The van der Waals surface area contributed by atoms with Gasteiger partial charge >= 0.3 is 0 Å². The molecule has 7 nitrogen and oxygen atoms in total. The summed E-state index contributed by atoms with van der Waals surface area (Å²) in [6.45, 7) is 4.54. The highest BCUT2D eigenvalue weighted by molar-refractivity contribution is 8.03. The van der Waals surface area contributed by atoms with Crippen molar-refractivity contribution in [1.82, 2.24) is 15.1 Å². The maximum absolute atomic E-state index is 14.5. The van der Waals surface area contributed by atoms with E-state index in [9.17, 15) is 18.8 Å². The number of nitrogens with one attached hydrogen (secondary N) is 2. The second kappa shape index (κ2) is 8.48. The van der Waals surface area contributed by atoms with E-state index in [1.807, 2.05) is 0 Å². The van der Waals surface area contributed by atoms with Crippen molar-refractivity contribution < 1.29 is 18.8 Å². The van der Waals surface area contributed by atoms with Crippen LogP contribution in [0.15, 0.2) is 47.9 Å². The predicted octanol–water partition coefficient (Wildman–Crippen LogP) is 2.93. The summed E-state index contributed by atoms with van der Waals surface area (Å²) < 4.78 is 14.5. The molecular formula is C23H20ClFN4O3S. The molecule has 0 aromatic heterocycles. The Labute approximate surface area is 198 Å². The number of piperazine rings is 1. The first kappa shape index (κ1) is 21.9. The largest absolute Gasteiger partial charge is 0.337 e. The number of halogens is 2. The Morgan fingerprint density at radius 3 is 2.70 bits per heavy atom. The molecule has 0 spiro atoms. The lowest BCUT2D eigenvalue weighted by Crippen LogP contribution is -2.61. The molecule has 2 fully saturated rings. The van der Waals surface area contributed by atoms with Crippen molar-refractivity contribution in [3.8, 4) is 11.1 Å². The minimum absolute atomic E-state index is 0.0964. The van der Waals surface area contributed by atoms with E-state index in [-0.39, 0.29) is 41.4 Å². The van der Waals surface area contributed by atoms with E-state index in [2.05, 4.69) is 17.2 Å². The normalized spacial score (nSPS) is 22.5. The molecule has 3 amide bonds. The van der Waals surface area contributed by atoms with Crippen LogP contribution < -0.4 is 10.6 Å². The van der Waals surface area contributed by atoms with Crippen molar-refractivity contribution in [3.63, 3.8) is 0 Å². The molecule has 170 valence electrons. The highest BCUT2D eigenvalue weighted by atomic mass is 35.5. The summed E-state index contributed by atoms with van der Waals surface area (Å²) >= 11 is 7.34. The van der Waals surface area contributed by atoms with Crippen molar-refractivity contribution in [2.45, 2.75) is 12.1 Å². The van der Waals surface area contributed by atoms with E-state index >= 15 is 0 Å². The van der Waals surface area contributed by atoms with Gasteiger partial charge < -0.3 is 15.1 Å². The molecule has 0 bridgehead atoms. The van der Waals surface area contributed by atoms with Crippen molar-refractivity contribution in [2.75, 3.05) is 30.8 Å². The minimum Gasteiger partial charge on any atom is -0.337 e. The van der Waals surface area contributed by atoms with Gasteiger partial charge in [0.1, 0.15) is 17.9 Å². The van der Waals surface area contributed by atoms with Crippen LogP contribution in [0.2, 0.25) is 5.02 Å². The van der Waals surface area contributed by atoms with Gasteiger partial charge in [-0.3, -0.25) is 19.7 Å². The fourth-order valence-electron chi connectivity index (χ4n) is 4.37. The second-order valence-electron chi connectivity index (χ2n) is 8.06. The Kier molecular flexibility index (Phi) is 5.64. The van der Waals surface area contributed by atoms with E-state index in [0.29, 0.717) is 29.2 Å². The zero-order valence-electron chi connectivity index (χ0n) is 17.4. The number of hydrogen-bond acceptors (Lipinski definition) is 5. The van der Waals surface area contributed by atoms with E-state index in [1.54, 1.807) is 35.2 Å². The summed E-state index contributed by atoms with van der Waals surface area (Å²) in [5, 5.41) is 6.18. The molecule has 2 atom stereocenters. The van der Waals surface area contributed by atoms with Crippen LogP contribution in [0.5, 0.6) is 0 Å². The van der Waals surface area contributed by atoms with Gasteiger partial charge in [-0.25, -0.2) is 4.39 Å². The SMILES string of the molecule is C=C1SCN[C@@H]1C(=O)N1CCN2C(=O)c3cc(-c4ccc(Cl)cc4F)ccc3NC(=O)C2C1. The molecule has 5 rings (SSSR count). The fourth-order valence-corrected chi connectivity index (χ4v) is 5.31. The van der Waals surface area contributed by atoms with Crippen molar-refractivity contribution in [3.05, 3.63) is 64.3 Å². The standard InChI is InChI=1S/C23H20ClFN4O3S/c1-12-20(26-11-33-12)23(32)28-6-7-29-19(10-28)21(30)27-18-5-2-13(8-16(18)22(29)31)15-4-3-14(24)9-17(15)25/h2-5,8-9,19-20,26H,1,6-7,10-11H2,(H,27,30)/t19?,20-/m0/s1. The second-order valence-corrected chi connectivity index (χ2v) is 9.60. The van der Waals surface area contributed by atoms with Gasteiger partial charge in [-0.1, -0.05) is 24.2 Å². The first-order valence-corrected chi connectivity index (χ1v) is 11.7. The highest BCUT2D eigenvalue weighted by Crippen LogP contribution is 2.32. The number of anilines is 1. The van der Waals surface area contributed by atoms with Crippen LogP contribution in [0.4, 0.5) is 10.1 Å². The van der Waals surface area contributed by atoms with Gasteiger partial charge in [-0.2, -0.15) is 0 Å². The molecule has 2 N–H and O–H groups in total. The first-order chi connectivity index (χ1) is 15.8. The van der Waals surface area contributed by atoms with E-state index in [1.165, 1.54) is 22.7 Å². The van der Waals surface area contributed by atoms with Crippen LogP contribution in [0.1, 0.15) is 10.4 Å². The number of carbonyl (C=O) groups excluding carboxylic acids is 3. The molecule has 2 aromatic carbocycles. The summed E-state index contributed by atoms with van der Waals surface area (Å²) in [5.74, 6) is -0.734. The topological polar surface area (TPSA) is 81.8 Å². The number of carbonyl (C=O) groups is 3. The lowest BCUT2D eigenvalue weighted by molar-refractivity contribution is -0.136. The van der Waals surface area contributed by atoms with E-state index in [4.69, 9.17) is 11.6 Å². The molecule has 10 heteroatoms. The first-order valence-electron chi connectivity index (χ1n) is 10.4. The third-order valence-electron chi connectivity index (χ3n) is 6.12. The number of nitrogens with zero attached hydrogens (tertiary/aromatic N) is 2. The summed E-state index contributed by atoms with van der Waals surface area (Å²) in [6, 6.07) is 7.86.